The number of hydrogen-bond acceptors (Lipinski definition) is 4. The SMILES string of the molecule is O=C(CN1CCC[C@@H]1C(=O)O)NC[C@@H]1CCN(c2ccccc2)C1. The summed E-state index contributed by atoms with van der Waals surface area (Å²) in [7, 11) is 0. The zero-order valence-electron chi connectivity index (χ0n) is 13.9. The Morgan fingerprint density at radius 1 is 1.17 bits per heavy atom. The highest BCUT2D eigenvalue weighted by atomic mass is 16.4. The Bertz CT molecular complexity index is 578. The fourth-order valence-electron chi connectivity index (χ4n) is 3.67. The molecule has 0 bridgehead atoms. The van der Waals surface area contributed by atoms with Gasteiger partial charge in [-0.25, -0.2) is 0 Å². The number of anilines is 1. The van der Waals surface area contributed by atoms with Crippen LogP contribution < -0.4 is 10.2 Å². The molecule has 2 fully saturated rings. The molecule has 0 spiro atoms. The van der Waals surface area contributed by atoms with E-state index in [1.165, 1.54) is 5.69 Å². The molecular formula is C18H25N3O3. The average molecular weight is 331 g/mol. The third-order valence-corrected chi connectivity index (χ3v) is 4.99. The van der Waals surface area contributed by atoms with Gasteiger partial charge in [0.1, 0.15) is 6.04 Å². The van der Waals surface area contributed by atoms with Gasteiger partial charge in [-0.15, -0.1) is 0 Å². The summed E-state index contributed by atoms with van der Waals surface area (Å²) in [4.78, 5) is 27.4. The lowest BCUT2D eigenvalue weighted by Crippen LogP contribution is -2.44. The van der Waals surface area contributed by atoms with Crippen molar-refractivity contribution in [2.45, 2.75) is 25.3 Å². The number of carboxylic acids is 1. The van der Waals surface area contributed by atoms with Crippen molar-refractivity contribution in [3.8, 4) is 0 Å². The van der Waals surface area contributed by atoms with E-state index in [-0.39, 0.29) is 12.5 Å². The van der Waals surface area contributed by atoms with Gasteiger partial charge in [0.05, 0.1) is 6.54 Å². The summed E-state index contributed by atoms with van der Waals surface area (Å²) < 4.78 is 0. The Morgan fingerprint density at radius 2 is 1.96 bits per heavy atom. The summed E-state index contributed by atoms with van der Waals surface area (Å²) in [6, 6.07) is 9.82. The Morgan fingerprint density at radius 3 is 2.71 bits per heavy atom. The number of hydrogen-bond donors (Lipinski definition) is 2. The van der Waals surface area contributed by atoms with Crippen LogP contribution in [0.4, 0.5) is 5.69 Å². The first-order valence-electron chi connectivity index (χ1n) is 8.67. The molecule has 0 unspecified atom stereocenters. The van der Waals surface area contributed by atoms with E-state index in [9.17, 15) is 9.59 Å². The quantitative estimate of drug-likeness (QED) is 0.819. The van der Waals surface area contributed by atoms with Gasteiger partial charge in [-0.05, 0) is 43.9 Å². The zero-order chi connectivity index (χ0) is 16.9. The van der Waals surface area contributed by atoms with Gasteiger partial charge in [-0.1, -0.05) is 18.2 Å². The van der Waals surface area contributed by atoms with Crippen molar-refractivity contribution in [3.05, 3.63) is 30.3 Å². The highest BCUT2D eigenvalue weighted by Gasteiger charge is 2.31. The van der Waals surface area contributed by atoms with E-state index in [0.717, 1.165) is 25.9 Å². The van der Waals surface area contributed by atoms with Gasteiger partial charge in [-0.2, -0.15) is 0 Å². The van der Waals surface area contributed by atoms with Gasteiger partial charge in [0, 0.05) is 25.3 Å². The van der Waals surface area contributed by atoms with E-state index in [2.05, 4.69) is 22.3 Å². The molecule has 0 radical (unpaired) electrons. The van der Waals surface area contributed by atoms with Crippen LogP contribution in [-0.4, -0.2) is 60.6 Å². The summed E-state index contributed by atoms with van der Waals surface area (Å²) >= 11 is 0. The number of carboxylic acid groups (broad SMARTS) is 1. The molecule has 2 saturated heterocycles. The highest BCUT2D eigenvalue weighted by molar-refractivity contribution is 5.80. The lowest BCUT2D eigenvalue weighted by molar-refractivity contribution is -0.142. The Balaban J connectivity index is 1.42. The van der Waals surface area contributed by atoms with Gasteiger partial charge in [0.15, 0.2) is 0 Å². The van der Waals surface area contributed by atoms with Crippen molar-refractivity contribution >= 4 is 17.6 Å². The molecule has 1 aromatic carbocycles. The summed E-state index contributed by atoms with van der Waals surface area (Å²) in [5.74, 6) is -0.445. The number of carbonyl (C=O) groups is 2. The lowest BCUT2D eigenvalue weighted by Gasteiger charge is -2.21. The van der Waals surface area contributed by atoms with Crippen LogP contribution >= 0.6 is 0 Å². The Kier molecular flexibility index (Phi) is 5.35. The van der Waals surface area contributed by atoms with E-state index in [1.807, 2.05) is 18.2 Å². The number of para-hydroxylation sites is 1. The largest absolute Gasteiger partial charge is 0.480 e. The fourth-order valence-corrected chi connectivity index (χ4v) is 3.67. The number of benzene rings is 1. The molecule has 1 amide bonds. The minimum Gasteiger partial charge on any atom is -0.480 e. The maximum Gasteiger partial charge on any atom is 0.320 e. The van der Waals surface area contributed by atoms with Gasteiger partial charge >= 0.3 is 5.97 Å². The molecule has 2 heterocycles. The number of likely N-dealkylation sites (tertiary alicyclic amines) is 1. The van der Waals surface area contributed by atoms with Gasteiger partial charge in [-0.3, -0.25) is 14.5 Å². The molecule has 24 heavy (non-hydrogen) atoms. The first-order valence-corrected chi connectivity index (χ1v) is 8.67. The van der Waals surface area contributed by atoms with Crippen molar-refractivity contribution in [2.24, 2.45) is 5.92 Å². The third-order valence-electron chi connectivity index (χ3n) is 4.99. The number of nitrogens with zero attached hydrogens (tertiary/aromatic N) is 2. The fraction of sp³-hybridized carbons (Fsp3) is 0.556. The van der Waals surface area contributed by atoms with E-state index < -0.39 is 12.0 Å². The molecule has 6 heteroatoms. The number of amides is 1. The molecule has 130 valence electrons. The van der Waals surface area contributed by atoms with Crippen LogP contribution in [0, 0.1) is 5.92 Å². The van der Waals surface area contributed by atoms with Crippen LogP contribution in [0.25, 0.3) is 0 Å². The predicted octanol–water partition coefficient (Wildman–Crippen LogP) is 1.18. The maximum absolute atomic E-state index is 12.1. The van der Waals surface area contributed by atoms with Crippen LogP contribution in [0.5, 0.6) is 0 Å². The second-order valence-electron chi connectivity index (χ2n) is 6.71. The molecular weight excluding hydrogens is 306 g/mol. The van der Waals surface area contributed by atoms with Crippen molar-refractivity contribution in [3.63, 3.8) is 0 Å². The molecule has 6 nitrogen and oxygen atoms in total. The molecule has 3 rings (SSSR count). The van der Waals surface area contributed by atoms with Crippen molar-refractivity contribution < 1.29 is 14.7 Å². The molecule has 1 aromatic rings. The minimum atomic E-state index is -0.824. The van der Waals surface area contributed by atoms with Gasteiger partial charge in [0.2, 0.25) is 5.91 Å². The van der Waals surface area contributed by atoms with Crippen LogP contribution in [0.2, 0.25) is 0 Å². The maximum atomic E-state index is 12.1. The summed E-state index contributed by atoms with van der Waals surface area (Å²) in [5, 5.41) is 12.1. The monoisotopic (exact) mass is 331 g/mol. The first kappa shape index (κ1) is 16.8. The van der Waals surface area contributed by atoms with Crippen LogP contribution in [0.15, 0.2) is 30.3 Å². The van der Waals surface area contributed by atoms with E-state index in [0.29, 0.717) is 25.4 Å². The van der Waals surface area contributed by atoms with E-state index in [4.69, 9.17) is 5.11 Å². The number of rotatable bonds is 6. The first-order chi connectivity index (χ1) is 11.6. The zero-order valence-corrected chi connectivity index (χ0v) is 13.9. The minimum absolute atomic E-state index is 0.0682. The van der Waals surface area contributed by atoms with Crippen LogP contribution in [0.1, 0.15) is 19.3 Å². The van der Waals surface area contributed by atoms with E-state index in [1.54, 1.807) is 4.90 Å². The third kappa shape index (κ3) is 4.06. The van der Waals surface area contributed by atoms with Gasteiger partial charge < -0.3 is 15.3 Å². The van der Waals surface area contributed by atoms with Gasteiger partial charge in [0.25, 0.3) is 0 Å². The summed E-state index contributed by atoms with van der Waals surface area (Å²) in [6.45, 7) is 3.50. The Hall–Kier alpha value is -2.08. The van der Waals surface area contributed by atoms with Crippen LogP contribution in [-0.2, 0) is 9.59 Å². The van der Waals surface area contributed by atoms with Crippen molar-refractivity contribution in [2.75, 3.05) is 37.6 Å². The predicted molar refractivity (Wildman–Crippen MR) is 92.0 cm³/mol. The molecule has 2 N–H and O–H groups in total. The highest BCUT2D eigenvalue weighted by Crippen LogP contribution is 2.23. The molecule has 2 atom stereocenters. The molecule has 0 aromatic heterocycles. The second-order valence-corrected chi connectivity index (χ2v) is 6.71. The average Bonchev–Trinajstić information content (AvgIpc) is 3.23. The smallest absolute Gasteiger partial charge is 0.320 e. The normalized spacial score (nSPS) is 24.2. The summed E-state index contributed by atoms with van der Waals surface area (Å²) in [6.07, 6.45) is 2.55. The number of nitrogens with one attached hydrogen (secondary N) is 1. The topological polar surface area (TPSA) is 72.9 Å². The van der Waals surface area contributed by atoms with E-state index >= 15 is 0 Å². The molecule has 2 aliphatic rings. The molecule has 0 saturated carbocycles. The molecule has 0 aliphatic carbocycles. The Labute approximate surface area is 142 Å². The summed E-state index contributed by atoms with van der Waals surface area (Å²) in [5.41, 5.74) is 1.23. The lowest BCUT2D eigenvalue weighted by atomic mass is 10.1. The standard InChI is InChI=1S/C18H25N3O3/c22-17(13-21-9-4-7-16(21)18(23)24)19-11-14-8-10-20(12-14)15-5-2-1-3-6-15/h1-3,5-6,14,16H,4,7-13H2,(H,19,22)(H,23,24)/t14-,16+/m0/s1. The van der Waals surface area contributed by atoms with Crippen molar-refractivity contribution in [1.82, 2.24) is 10.2 Å². The number of aliphatic carboxylic acids is 1. The second kappa shape index (κ2) is 7.66. The van der Waals surface area contributed by atoms with Crippen LogP contribution in [0.3, 0.4) is 0 Å². The molecule has 2 aliphatic heterocycles. The van der Waals surface area contributed by atoms with Crippen molar-refractivity contribution in [1.29, 1.82) is 0 Å². The number of carbonyl (C=O) groups excluding carboxylic acids is 1.